The minimum Gasteiger partial charge on any atom is -0.298 e. The molecule has 1 fully saturated rings. The minimum absolute atomic E-state index is 0.0476. The van der Waals surface area contributed by atoms with Crippen LogP contribution in [0, 0.1) is 13.8 Å². The van der Waals surface area contributed by atoms with E-state index in [1.54, 1.807) is 11.3 Å². The number of thiazole rings is 1. The summed E-state index contributed by atoms with van der Waals surface area (Å²) in [5, 5.41) is 5.66. The number of hydrogen-bond acceptors (Lipinski definition) is 4. The summed E-state index contributed by atoms with van der Waals surface area (Å²) < 4.78 is 0. The topological polar surface area (TPSA) is 42.0 Å². The Labute approximate surface area is 114 Å². The second kappa shape index (κ2) is 4.48. The van der Waals surface area contributed by atoms with Crippen LogP contribution in [0.5, 0.6) is 0 Å². The van der Waals surface area contributed by atoms with Gasteiger partial charge >= 0.3 is 0 Å². The summed E-state index contributed by atoms with van der Waals surface area (Å²) in [4.78, 5) is 18.8. The third-order valence-electron chi connectivity index (χ3n) is 3.02. The van der Waals surface area contributed by atoms with Gasteiger partial charge in [0.05, 0.1) is 11.3 Å². The highest BCUT2D eigenvalue weighted by molar-refractivity contribution is 7.14. The molecule has 0 spiro atoms. The molecular weight excluding hydrogens is 264 g/mol. The van der Waals surface area contributed by atoms with Crippen LogP contribution >= 0.6 is 22.7 Å². The van der Waals surface area contributed by atoms with Crippen LogP contribution in [0.15, 0.2) is 11.4 Å². The first kappa shape index (κ1) is 11.9. The monoisotopic (exact) mass is 278 g/mol. The fraction of sp³-hybridized carbons (Fsp3) is 0.385. The summed E-state index contributed by atoms with van der Waals surface area (Å²) in [6.45, 7) is 3.99. The van der Waals surface area contributed by atoms with Crippen LogP contribution < -0.4 is 5.32 Å². The van der Waals surface area contributed by atoms with Gasteiger partial charge in [-0.1, -0.05) is 0 Å². The van der Waals surface area contributed by atoms with Gasteiger partial charge in [-0.15, -0.1) is 22.7 Å². The average molecular weight is 278 g/mol. The first-order valence-electron chi connectivity index (χ1n) is 5.97. The van der Waals surface area contributed by atoms with Crippen molar-refractivity contribution in [1.82, 2.24) is 4.98 Å². The van der Waals surface area contributed by atoms with Gasteiger partial charge in [-0.2, -0.15) is 0 Å². The van der Waals surface area contributed by atoms with E-state index in [0.29, 0.717) is 11.0 Å². The molecule has 0 unspecified atom stereocenters. The standard InChI is InChI=1S/C13H14N2OS2/c1-7-5-10(8(2)18-7)12(16)15-13-14-11(6-17-13)9-3-4-9/h5-6,9H,3-4H2,1-2H3,(H,14,15,16). The van der Waals surface area contributed by atoms with E-state index in [1.807, 2.05) is 19.9 Å². The van der Waals surface area contributed by atoms with Crippen molar-refractivity contribution < 1.29 is 4.79 Å². The number of aryl methyl sites for hydroxylation is 2. The number of nitrogens with zero attached hydrogens (tertiary/aromatic N) is 1. The Hall–Kier alpha value is -1.20. The van der Waals surface area contributed by atoms with E-state index < -0.39 is 0 Å². The fourth-order valence-corrected chi connectivity index (χ4v) is 3.64. The number of rotatable bonds is 3. The van der Waals surface area contributed by atoms with Crippen LogP contribution in [-0.4, -0.2) is 10.9 Å². The molecular formula is C13H14N2OS2. The second-order valence-corrected chi connectivity index (χ2v) is 6.95. The Morgan fingerprint density at radius 1 is 1.44 bits per heavy atom. The van der Waals surface area contributed by atoms with E-state index in [9.17, 15) is 4.79 Å². The third kappa shape index (κ3) is 2.33. The highest BCUT2D eigenvalue weighted by atomic mass is 32.1. The van der Waals surface area contributed by atoms with Gasteiger partial charge in [0.1, 0.15) is 0 Å². The quantitative estimate of drug-likeness (QED) is 0.923. The molecule has 1 N–H and O–H groups in total. The van der Waals surface area contributed by atoms with Crippen molar-refractivity contribution in [1.29, 1.82) is 0 Å². The van der Waals surface area contributed by atoms with E-state index in [2.05, 4.69) is 15.7 Å². The lowest BCUT2D eigenvalue weighted by Gasteiger charge is -2.00. The number of hydrogen-bond donors (Lipinski definition) is 1. The number of nitrogens with one attached hydrogen (secondary N) is 1. The van der Waals surface area contributed by atoms with Crippen LogP contribution in [0.2, 0.25) is 0 Å². The first-order chi connectivity index (χ1) is 8.63. The molecule has 2 aromatic rings. The summed E-state index contributed by atoms with van der Waals surface area (Å²) in [6, 6.07) is 1.94. The predicted molar refractivity (Wildman–Crippen MR) is 75.8 cm³/mol. The van der Waals surface area contributed by atoms with Gasteiger partial charge in [0, 0.05) is 21.1 Å². The zero-order valence-electron chi connectivity index (χ0n) is 10.3. The number of amides is 1. The normalized spacial score (nSPS) is 14.8. The molecule has 0 aliphatic heterocycles. The van der Waals surface area contributed by atoms with E-state index >= 15 is 0 Å². The van der Waals surface area contributed by atoms with Gasteiger partial charge in [-0.05, 0) is 32.8 Å². The molecule has 94 valence electrons. The molecule has 3 rings (SSSR count). The molecule has 18 heavy (non-hydrogen) atoms. The van der Waals surface area contributed by atoms with E-state index in [4.69, 9.17) is 0 Å². The van der Waals surface area contributed by atoms with Crippen LogP contribution in [0.3, 0.4) is 0 Å². The molecule has 1 amide bonds. The second-order valence-electron chi connectivity index (χ2n) is 4.63. The molecule has 2 heterocycles. The summed E-state index contributed by atoms with van der Waals surface area (Å²) in [5.41, 5.74) is 1.90. The lowest BCUT2D eigenvalue weighted by atomic mass is 10.2. The maximum atomic E-state index is 12.1. The van der Waals surface area contributed by atoms with E-state index in [-0.39, 0.29) is 5.91 Å². The third-order valence-corrected chi connectivity index (χ3v) is 4.77. The van der Waals surface area contributed by atoms with Crippen molar-refractivity contribution in [2.45, 2.75) is 32.6 Å². The molecule has 1 aliphatic rings. The van der Waals surface area contributed by atoms with Crippen LogP contribution in [0.25, 0.3) is 0 Å². The molecule has 1 saturated carbocycles. The molecule has 0 aromatic carbocycles. The zero-order chi connectivity index (χ0) is 12.7. The number of aromatic nitrogens is 1. The number of carbonyl (C=O) groups is 1. The molecule has 5 heteroatoms. The van der Waals surface area contributed by atoms with Gasteiger partial charge in [0.25, 0.3) is 5.91 Å². The lowest BCUT2D eigenvalue weighted by molar-refractivity contribution is 0.102. The Morgan fingerprint density at radius 2 is 2.22 bits per heavy atom. The average Bonchev–Trinajstić information content (AvgIpc) is 2.97. The predicted octanol–water partition coefficient (Wildman–Crippen LogP) is 3.95. The van der Waals surface area contributed by atoms with Crippen molar-refractivity contribution in [3.05, 3.63) is 32.5 Å². The van der Waals surface area contributed by atoms with Crippen LogP contribution in [0.1, 0.15) is 44.6 Å². The van der Waals surface area contributed by atoms with Crippen molar-refractivity contribution in [3.63, 3.8) is 0 Å². The Balaban J connectivity index is 1.74. The van der Waals surface area contributed by atoms with Crippen molar-refractivity contribution >= 4 is 33.7 Å². The SMILES string of the molecule is Cc1cc(C(=O)Nc2nc(C3CC3)cs2)c(C)s1. The van der Waals surface area contributed by atoms with E-state index in [1.165, 1.54) is 24.2 Å². The van der Waals surface area contributed by atoms with Crippen molar-refractivity contribution in [2.24, 2.45) is 0 Å². The Morgan fingerprint density at radius 3 is 2.83 bits per heavy atom. The minimum atomic E-state index is -0.0476. The van der Waals surface area contributed by atoms with Gasteiger partial charge < -0.3 is 0 Å². The summed E-state index contributed by atoms with van der Waals surface area (Å²) in [5.74, 6) is 0.588. The molecule has 0 radical (unpaired) electrons. The fourth-order valence-electron chi connectivity index (χ4n) is 1.93. The summed E-state index contributed by atoms with van der Waals surface area (Å²) in [6.07, 6.45) is 2.47. The highest BCUT2D eigenvalue weighted by Crippen LogP contribution is 2.40. The molecule has 1 aliphatic carbocycles. The molecule has 3 nitrogen and oxygen atoms in total. The summed E-state index contributed by atoms with van der Waals surface area (Å²) in [7, 11) is 0. The Bertz CT molecular complexity index is 596. The zero-order valence-corrected chi connectivity index (χ0v) is 12.0. The Kier molecular flexibility index (Phi) is 2.95. The highest BCUT2D eigenvalue weighted by Gasteiger charge is 2.26. The molecule has 0 saturated heterocycles. The van der Waals surface area contributed by atoms with Gasteiger partial charge in [0.2, 0.25) is 0 Å². The van der Waals surface area contributed by atoms with Gasteiger partial charge in [-0.3, -0.25) is 10.1 Å². The number of anilines is 1. The van der Waals surface area contributed by atoms with Crippen LogP contribution in [-0.2, 0) is 0 Å². The maximum Gasteiger partial charge on any atom is 0.258 e. The maximum absolute atomic E-state index is 12.1. The molecule has 0 atom stereocenters. The van der Waals surface area contributed by atoms with Crippen molar-refractivity contribution in [2.75, 3.05) is 5.32 Å². The largest absolute Gasteiger partial charge is 0.298 e. The van der Waals surface area contributed by atoms with Crippen molar-refractivity contribution in [3.8, 4) is 0 Å². The lowest BCUT2D eigenvalue weighted by Crippen LogP contribution is -2.11. The first-order valence-corrected chi connectivity index (χ1v) is 7.67. The van der Waals surface area contributed by atoms with Gasteiger partial charge in [-0.25, -0.2) is 4.98 Å². The molecule has 2 aromatic heterocycles. The molecule has 0 bridgehead atoms. The smallest absolute Gasteiger partial charge is 0.258 e. The summed E-state index contributed by atoms with van der Waals surface area (Å²) >= 11 is 3.16. The van der Waals surface area contributed by atoms with E-state index in [0.717, 1.165) is 21.0 Å². The number of thiophene rings is 1. The van der Waals surface area contributed by atoms with Crippen LogP contribution in [0.4, 0.5) is 5.13 Å². The van der Waals surface area contributed by atoms with Gasteiger partial charge in [0.15, 0.2) is 5.13 Å². The number of carbonyl (C=O) groups excluding carboxylic acids is 1.